The second-order valence-electron chi connectivity index (χ2n) is 12.8. The Labute approximate surface area is 301 Å². The fraction of sp³-hybridized carbons (Fsp3) is 0.270. The van der Waals surface area contributed by atoms with Gasteiger partial charge in [-0.15, -0.1) is 0 Å². The Balaban J connectivity index is 1.36. The molecule has 2 aromatic carbocycles. The first kappa shape index (κ1) is 36.5. The van der Waals surface area contributed by atoms with Crippen LogP contribution < -0.4 is 15.4 Å². The molecule has 0 saturated carbocycles. The number of benzene rings is 2. The maximum Gasteiger partial charge on any atom is 0.290 e. The molecule has 54 heavy (non-hydrogen) atoms. The summed E-state index contributed by atoms with van der Waals surface area (Å²) in [6.07, 6.45) is -5.35. The molecule has 17 heteroatoms. The molecule has 2 amide bonds. The summed E-state index contributed by atoms with van der Waals surface area (Å²) in [7, 11) is 1.40. The minimum absolute atomic E-state index is 0.0255. The van der Waals surface area contributed by atoms with E-state index in [0.717, 1.165) is 12.1 Å². The lowest BCUT2D eigenvalue weighted by atomic mass is 9.89. The Kier molecular flexibility index (Phi) is 9.35. The number of carbonyl (C=O) groups excluding carboxylic acids is 2. The van der Waals surface area contributed by atoms with Crippen molar-refractivity contribution in [2.24, 2.45) is 0 Å². The molecule has 4 heterocycles. The van der Waals surface area contributed by atoms with Crippen molar-refractivity contribution in [3.05, 3.63) is 118 Å². The molecular formula is C37H28F8N6O3. The van der Waals surface area contributed by atoms with E-state index in [1.807, 2.05) is 0 Å². The van der Waals surface area contributed by atoms with E-state index >= 15 is 8.78 Å². The number of aromatic nitrogens is 4. The van der Waals surface area contributed by atoms with E-state index in [1.165, 1.54) is 13.3 Å². The van der Waals surface area contributed by atoms with Gasteiger partial charge in [-0.1, -0.05) is 18.2 Å². The molecule has 280 valence electrons. The zero-order chi connectivity index (χ0) is 38.5. The maximum atomic E-state index is 15.1. The van der Waals surface area contributed by atoms with Crippen molar-refractivity contribution in [2.75, 3.05) is 7.11 Å². The van der Waals surface area contributed by atoms with Crippen LogP contribution in [0.1, 0.15) is 69.4 Å². The highest BCUT2D eigenvalue weighted by molar-refractivity contribution is 5.99. The highest BCUT2D eigenvalue weighted by Crippen LogP contribution is 2.52. The van der Waals surface area contributed by atoms with Crippen LogP contribution in [0.4, 0.5) is 35.1 Å². The Bertz CT molecular complexity index is 2280. The highest BCUT2D eigenvalue weighted by Gasteiger charge is 2.55. The number of nitrogens with one attached hydrogen (secondary N) is 2. The van der Waals surface area contributed by atoms with E-state index < -0.39 is 78.2 Å². The lowest BCUT2D eigenvalue weighted by Gasteiger charge is -2.29. The molecule has 0 fully saturated rings. The molecule has 0 radical (unpaired) electrons. The number of ether oxygens (including phenoxy) is 1. The van der Waals surface area contributed by atoms with Crippen molar-refractivity contribution in [3.63, 3.8) is 0 Å². The predicted octanol–water partition coefficient (Wildman–Crippen LogP) is 7.55. The SMILES string of the molecule is COc1cc(-c2ccc(-c3ccc4c(c3)C(=O)NC4)c([C@H](Cc3cc(F)cc(F)c3)NC(=O)Cn3nc(C(F)F)c4c3C(F)(F)CCC4(F)F)n2)ccn1. The quantitative estimate of drug-likeness (QED) is 0.143. The number of halogens is 8. The van der Waals surface area contributed by atoms with Crippen molar-refractivity contribution < 1.29 is 49.4 Å². The number of alkyl halides is 6. The molecule has 1 atom stereocenters. The van der Waals surface area contributed by atoms with Gasteiger partial charge in [-0.05, 0) is 53.4 Å². The fourth-order valence-corrected chi connectivity index (χ4v) is 6.80. The number of nitrogens with zero attached hydrogens (tertiary/aromatic N) is 4. The van der Waals surface area contributed by atoms with Gasteiger partial charge in [-0.2, -0.15) is 13.9 Å². The second kappa shape index (κ2) is 13.8. The molecule has 1 aliphatic heterocycles. The van der Waals surface area contributed by atoms with E-state index in [4.69, 9.17) is 9.72 Å². The number of fused-ring (bicyclic) bond motifs is 2. The molecule has 7 rings (SSSR count). The van der Waals surface area contributed by atoms with Crippen molar-refractivity contribution in [1.82, 2.24) is 30.4 Å². The average Bonchev–Trinajstić information content (AvgIpc) is 3.71. The summed E-state index contributed by atoms with van der Waals surface area (Å²) in [5, 5.41) is 8.67. The first-order chi connectivity index (χ1) is 25.6. The topological polar surface area (TPSA) is 111 Å². The monoisotopic (exact) mass is 756 g/mol. The van der Waals surface area contributed by atoms with Crippen LogP contribution in [0.5, 0.6) is 5.88 Å². The van der Waals surface area contributed by atoms with Crippen molar-refractivity contribution >= 4 is 11.8 Å². The van der Waals surface area contributed by atoms with Gasteiger partial charge in [0.05, 0.1) is 30.1 Å². The lowest BCUT2D eigenvalue weighted by molar-refractivity contribution is -0.123. The van der Waals surface area contributed by atoms with Gasteiger partial charge in [0.1, 0.15) is 29.6 Å². The van der Waals surface area contributed by atoms with Crippen LogP contribution in [0, 0.1) is 11.6 Å². The summed E-state index contributed by atoms with van der Waals surface area (Å²) in [6.45, 7) is -0.911. The molecule has 5 aromatic rings. The summed E-state index contributed by atoms with van der Waals surface area (Å²) in [6, 6.07) is 12.7. The normalized spacial score (nSPS) is 16.1. The van der Waals surface area contributed by atoms with Gasteiger partial charge in [-0.3, -0.25) is 14.3 Å². The third-order valence-corrected chi connectivity index (χ3v) is 9.24. The minimum atomic E-state index is -4.07. The number of rotatable bonds is 10. The predicted molar refractivity (Wildman–Crippen MR) is 176 cm³/mol. The second-order valence-corrected chi connectivity index (χ2v) is 12.8. The van der Waals surface area contributed by atoms with Crippen LogP contribution >= 0.6 is 0 Å². The van der Waals surface area contributed by atoms with E-state index in [2.05, 4.69) is 20.7 Å². The van der Waals surface area contributed by atoms with Crippen molar-refractivity contribution in [1.29, 1.82) is 0 Å². The minimum Gasteiger partial charge on any atom is -0.481 e. The van der Waals surface area contributed by atoms with Gasteiger partial charge in [0, 0.05) is 54.4 Å². The largest absolute Gasteiger partial charge is 0.481 e. The van der Waals surface area contributed by atoms with Gasteiger partial charge in [0.25, 0.3) is 24.2 Å². The molecule has 0 saturated heterocycles. The number of amides is 2. The van der Waals surface area contributed by atoms with E-state index in [-0.39, 0.29) is 34.1 Å². The van der Waals surface area contributed by atoms with Crippen LogP contribution in [-0.4, -0.2) is 38.7 Å². The zero-order valence-corrected chi connectivity index (χ0v) is 28.1. The lowest BCUT2D eigenvalue weighted by Crippen LogP contribution is -2.37. The smallest absolute Gasteiger partial charge is 0.290 e. The molecule has 1 aliphatic carbocycles. The van der Waals surface area contributed by atoms with Crippen LogP contribution in [0.15, 0.2) is 66.9 Å². The van der Waals surface area contributed by atoms with Crippen molar-refractivity contribution in [3.8, 4) is 28.3 Å². The summed E-state index contributed by atoms with van der Waals surface area (Å²) in [5.41, 5.74) is -1.93. The third kappa shape index (κ3) is 6.97. The number of pyridine rings is 2. The first-order valence-corrected chi connectivity index (χ1v) is 16.5. The van der Waals surface area contributed by atoms with Gasteiger partial charge in [0.2, 0.25) is 11.8 Å². The van der Waals surface area contributed by atoms with Crippen LogP contribution in [-0.2, 0) is 36.1 Å². The zero-order valence-electron chi connectivity index (χ0n) is 28.1. The molecule has 0 spiro atoms. The van der Waals surface area contributed by atoms with E-state index in [0.29, 0.717) is 46.1 Å². The van der Waals surface area contributed by atoms with E-state index in [1.54, 1.807) is 42.5 Å². The van der Waals surface area contributed by atoms with Crippen LogP contribution in [0.25, 0.3) is 22.4 Å². The van der Waals surface area contributed by atoms with Gasteiger partial charge in [0.15, 0.2) is 0 Å². The molecule has 0 bridgehead atoms. The van der Waals surface area contributed by atoms with Crippen LogP contribution in [0.2, 0.25) is 0 Å². The highest BCUT2D eigenvalue weighted by atomic mass is 19.3. The molecule has 2 N–H and O–H groups in total. The standard InChI is InChI=1S/C37H28F8N6O3/c1-54-29-14-20(6-9-46-29)26-5-4-24(19-2-3-21-16-47-35(53)25(21)13-19)31(49-26)27(12-18-10-22(38)15-23(39)11-18)48-28(52)17-51-33-30(32(50-51)34(40)41)36(42,43)7-8-37(33,44)45/h2-6,9-11,13-15,27,34H,7-8,12,16-17H2,1H3,(H,47,53)(H,48,52)/t27-/m0/s1. The third-order valence-electron chi connectivity index (χ3n) is 9.24. The Morgan fingerprint density at radius 2 is 1.67 bits per heavy atom. The van der Waals surface area contributed by atoms with Gasteiger partial charge < -0.3 is 15.4 Å². The first-order valence-electron chi connectivity index (χ1n) is 16.5. The average molecular weight is 757 g/mol. The van der Waals surface area contributed by atoms with Crippen molar-refractivity contribution in [2.45, 2.75) is 56.7 Å². The molecule has 3 aromatic heterocycles. The summed E-state index contributed by atoms with van der Waals surface area (Å²) in [5.74, 6) is -11.2. The fourth-order valence-electron chi connectivity index (χ4n) is 6.80. The van der Waals surface area contributed by atoms with Gasteiger partial charge in [-0.25, -0.2) is 36.3 Å². The van der Waals surface area contributed by atoms with E-state index in [9.17, 15) is 35.9 Å². The summed E-state index contributed by atoms with van der Waals surface area (Å²) in [4.78, 5) is 35.3. The summed E-state index contributed by atoms with van der Waals surface area (Å²) < 4.78 is 122. The van der Waals surface area contributed by atoms with Gasteiger partial charge >= 0.3 is 0 Å². The number of methoxy groups -OCH3 is 1. The maximum absolute atomic E-state index is 15.1. The molecule has 2 aliphatic rings. The summed E-state index contributed by atoms with van der Waals surface area (Å²) >= 11 is 0. The Morgan fingerprint density at radius 3 is 2.39 bits per heavy atom. The molecule has 0 unspecified atom stereocenters. The number of hydrogen-bond acceptors (Lipinski definition) is 6. The number of hydrogen-bond donors (Lipinski definition) is 2. The Morgan fingerprint density at radius 1 is 0.926 bits per heavy atom. The molecular weight excluding hydrogens is 728 g/mol. The molecule has 9 nitrogen and oxygen atoms in total. The number of carbonyl (C=O) groups is 2. The van der Waals surface area contributed by atoms with Crippen LogP contribution in [0.3, 0.4) is 0 Å². The Hall–Kier alpha value is -5.87.